The van der Waals surface area contributed by atoms with Gasteiger partial charge in [-0.15, -0.1) is 4.52 Å². The zero-order chi connectivity index (χ0) is 18.1. The fourth-order valence-corrected chi connectivity index (χ4v) is 2.19. The van der Waals surface area contributed by atoms with E-state index in [0.29, 0.717) is 5.56 Å². The zero-order valence-corrected chi connectivity index (χ0v) is 13.4. The molecular formula is C13H16N2O8P+. The van der Waals surface area contributed by atoms with E-state index in [2.05, 4.69) is 4.52 Å². The van der Waals surface area contributed by atoms with Crippen LogP contribution in [0.4, 0.5) is 5.69 Å². The predicted molar refractivity (Wildman–Crippen MR) is 81.0 cm³/mol. The summed E-state index contributed by atoms with van der Waals surface area (Å²) in [5.41, 5.74) is 5.91. The molecule has 1 rings (SSSR count). The molecule has 3 N–H and O–H groups in total. The Balaban J connectivity index is 2.31. The Morgan fingerprint density at radius 3 is 2.50 bits per heavy atom. The molecule has 0 fully saturated rings. The molecule has 0 aliphatic carbocycles. The van der Waals surface area contributed by atoms with Gasteiger partial charge in [0.05, 0.1) is 17.8 Å². The van der Waals surface area contributed by atoms with Gasteiger partial charge in [-0.05, 0) is 24.1 Å². The van der Waals surface area contributed by atoms with Gasteiger partial charge in [0.1, 0.15) is 6.61 Å². The molecule has 0 bridgehead atoms. The van der Waals surface area contributed by atoms with Gasteiger partial charge in [-0.25, -0.2) is 4.79 Å². The molecule has 11 heteroatoms. The van der Waals surface area contributed by atoms with E-state index in [1.807, 2.05) is 0 Å². The van der Waals surface area contributed by atoms with Crippen molar-refractivity contribution in [1.82, 2.24) is 0 Å². The second-order valence-corrected chi connectivity index (χ2v) is 5.67. The van der Waals surface area contributed by atoms with E-state index < -0.39 is 31.2 Å². The molecule has 0 aliphatic rings. The molecule has 0 saturated carbocycles. The van der Waals surface area contributed by atoms with Gasteiger partial charge in [-0.3, -0.25) is 14.9 Å². The van der Waals surface area contributed by atoms with Gasteiger partial charge in [-0.2, -0.15) is 4.52 Å². The van der Waals surface area contributed by atoms with E-state index in [1.54, 1.807) is 0 Å². The fourth-order valence-electron chi connectivity index (χ4n) is 1.63. The Morgan fingerprint density at radius 1 is 1.33 bits per heavy atom. The van der Waals surface area contributed by atoms with Crippen LogP contribution in [0, 0.1) is 10.1 Å². The number of hydrogen-bond donors (Lipinski definition) is 2. The van der Waals surface area contributed by atoms with Crippen LogP contribution in [-0.4, -0.2) is 28.0 Å². The van der Waals surface area contributed by atoms with Crippen LogP contribution in [-0.2, 0) is 29.8 Å². The van der Waals surface area contributed by atoms with Crippen molar-refractivity contribution < 1.29 is 33.2 Å². The van der Waals surface area contributed by atoms with Crippen LogP contribution < -0.4 is 5.73 Å². The summed E-state index contributed by atoms with van der Waals surface area (Å²) in [6.07, 6.45) is -0.386. The normalized spacial score (nSPS) is 12.3. The van der Waals surface area contributed by atoms with E-state index in [-0.39, 0.29) is 31.6 Å². The number of benzene rings is 1. The highest BCUT2D eigenvalue weighted by Crippen LogP contribution is 2.27. The van der Waals surface area contributed by atoms with Crippen LogP contribution in [0.5, 0.6) is 0 Å². The number of carboxylic acid groups (broad SMARTS) is 1. The molecule has 0 amide bonds. The first-order valence-electron chi connectivity index (χ1n) is 6.79. The minimum absolute atomic E-state index is 0.0800. The van der Waals surface area contributed by atoms with E-state index in [0.717, 1.165) is 0 Å². The predicted octanol–water partition coefficient (Wildman–Crippen LogP) is 1.89. The van der Waals surface area contributed by atoms with Crippen LogP contribution in [0.15, 0.2) is 24.3 Å². The average Bonchev–Trinajstić information content (AvgIpc) is 2.50. The summed E-state index contributed by atoms with van der Waals surface area (Å²) in [5, 5.41) is 19.0. The summed E-state index contributed by atoms with van der Waals surface area (Å²) < 4.78 is 20.8. The molecular weight excluding hydrogens is 343 g/mol. The largest absolute Gasteiger partial charge is 0.753 e. The lowest BCUT2D eigenvalue weighted by Gasteiger charge is -2.05. The lowest BCUT2D eigenvalue weighted by molar-refractivity contribution is -0.384. The summed E-state index contributed by atoms with van der Waals surface area (Å²) in [4.78, 5) is 31.8. The van der Waals surface area contributed by atoms with Crippen molar-refractivity contribution in [1.29, 1.82) is 0 Å². The van der Waals surface area contributed by atoms with Crippen LogP contribution >= 0.6 is 8.25 Å². The maximum absolute atomic E-state index is 11.5. The van der Waals surface area contributed by atoms with Crippen molar-refractivity contribution in [2.45, 2.75) is 31.9 Å². The molecule has 1 aromatic carbocycles. The monoisotopic (exact) mass is 359 g/mol. The molecule has 0 heterocycles. The van der Waals surface area contributed by atoms with Crippen molar-refractivity contribution in [3.8, 4) is 0 Å². The van der Waals surface area contributed by atoms with Crippen LogP contribution in [0.25, 0.3) is 0 Å². The van der Waals surface area contributed by atoms with Gasteiger partial charge in [0.2, 0.25) is 0 Å². The van der Waals surface area contributed by atoms with E-state index >= 15 is 0 Å². The lowest BCUT2D eigenvalue weighted by atomic mass is 10.1. The second-order valence-electron chi connectivity index (χ2n) is 4.78. The molecule has 2 atom stereocenters. The molecule has 1 aromatic rings. The Labute approximate surface area is 137 Å². The molecule has 0 aliphatic heterocycles. The molecule has 0 aromatic heterocycles. The third-order valence-corrected chi connectivity index (χ3v) is 3.51. The van der Waals surface area contributed by atoms with Gasteiger partial charge in [0, 0.05) is 22.7 Å². The molecule has 2 unspecified atom stereocenters. The van der Waals surface area contributed by atoms with Crippen molar-refractivity contribution in [2.24, 2.45) is 5.73 Å². The quantitative estimate of drug-likeness (QED) is 0.361. The fraction of sp³-hybridized carbons (Fsp3) is 0.385. The standard InChI is InChI=1S/C13H15N2O8P/c14-10(7-12(16)17)3-6-13(18)23-24(21)22-8-9-1-4-11(5-2-9)15(19)20/h1-2,4-5,10H,3,6-8,14H2/p+1. The first-order valence-corrected chi connectivity index (χ1v) is 7.89. The SMILES string of the molecule is NC(CCC(=O)O[P+](=O)OCc1ccc([N+](=O)[O-])cc1)CC(=O)O. The van der Waals surface area contributed by atoms with Gasteiger partial charge in [0.25, 0.3) is 5.69 Å². The van der Waals surface area contributed by atoms with Gasteiger partial charge in [0.15, 0.2) is 0 Å². The third kappa shape index (κ3) is 7.73. The molecule has 130 valence electrons. The minimum atomic E-state index is -2.70. The number of nitrogens with zero attached hydrogens (tertiary/aromatic N) is 1. The van der Waals surface area contributed by atoms with Crippen molar-refractivity contribution >= 4 is 25.9 Å². The van der Waals surface area contributed by atoms with Crippen LogP contribution in [0.3, 0.4) is 0 Å². The first-order chi connectivity index (χ1) is 11.3. The Kier molecular flexibility index (Phi) is 7.90. The van der Waals surface area contributed by atoms with Crippen LogP contribution in [0.1, 0.15) is 24.8 Å². The highest BCUT2D eigenvalue weighted by molar-refractivity contribution is 7.34. The van der Waals surface area contributed by atoms with E-state index in [9.17, 15) is 24.3 Å². The molecule has 10 nitrogen and oxygen atoms in total. The highest BCUT2D eigenvalue weighted by Gasteiger charge is 2.26. The Hall–Kier alpha value is -2.42. The molecule has 0 spiro atoms. The number of aliphatic carboxylic acids is 1. The smallest absolute Gasteiger partial charge is 0.481 e. The summed E-state index contributed by atoms with van der Waals surface area (Å²) in [6.45, 7) is -0.154. The van der Waals surface area contributed by atoms with E-state index in [4.69, 9.17) is 15.4 Å². The number of non-ortho nitro benzene ring substituents is 1. The second kappa shape index (κ2) is 9.66. The third-order valence-electron chi connectivity index (χ3n) is 2.82. The average molecular weight is 359 g/mol. The lowest BCUT2D eigenvalue weighted by Crippen LogP contribution is -2.24. The topological polar surface area (TPSA) is 159 Å². The number of carbonyl (C=O) groups excluding carboxylic acids is 1. The molecule has 24 heavy (non-hydrogen) atoms. The van der Waals surface area contributed by atoms with Gasteiger partial charge >= 0.3 is 20.2 Å². The minimum Gasteiger partial charge on any atom is -0.481 e. The number of carboxylic acids is 1. The number of nitro groups is 1. The summed E-state index contributed by atoms with van der Waals surface area (Å²) in [6, 6.07) is 4.68. The van der Waals surface area contributed by atoms with Gasteiger partial charge < -0.3 is 10.8 Å². The summed E-state index contributed by atoms with van der Waals surface area (Å²) in [5.74, 6) is -1.89. The maximum Gasteiger partial charge on any atom is 0.753 e. The van der Waals surface area contributed by atoms with Crippen LogP contribution in [0.2, 0.25) is 0 Å². The first kappa shape index (κ1) is 19.6. The zero-order valence-electron chi connectivity index (χ0n) is 12.5. The maximum atomic E-state index is 11.5. The number of carbonyl (C=O) groups is 2. The summed E-state index contributed by atoms with van der Waals surface area (Å²) in [7, 11) is -2.70. The number of nitro benzene ring substituents is 1. The van der Waals surface area contributed by atoms with Crippen molar-refractivity contribution in [3.63, 3.8) is 0 Å². The summed E-state index contributed by atoms with van der Waals surface area (Å²) >= 11 is 0. The Bertz CT molecular complexity index is 619. The number of hydrogen-bond acceptors (Lipinski definition) is 8. The van der Waals surface area contributed by atoms with Crippen molar-refractivity contribution in [3.05, 3.63) is 39.9 Å². The van der Waals surface area contributed by atoms with E-state index in [1.165, 1.54) is 24.3 Å². The Morgan fingerprint density at radius 2 is 1.96 bits per heavy atom. The van der Waals surface area contributed by atoms with Crippen molar-refractivity contribution in [2.75, 3.05) is 0 Å². The van der Waals surface area contributed by atoms with Gasteiger partial charge in [-0.1, -0.05) is 0 Å². The molecule has 0 radical (unpaired) electrons. The molecule has 0 saturated heterocycles. The highest BCUT2D eigenvalue weighted by atomic mass is 31.1. The number of rotatable bonds is 10. The number of nitrogens with two attached hydrogens (primary N) is 1.